The molecule has 28 heavy (non-hydrogen) atoms. The molecule has 0 spiro atoms. The first-order chi connectivity index (χ1) is 13.3. The number of H-pyrrole nitrogens is 1. The molecule has 0 aliphatic heterocycles. The number of nitro groups is 1. The Hall–Kier alpha value is -3.80. The number of hydrogen-bond acceptors (Lipinski definition) is 8. The van der Waals surface area contributed by atoms with Crippen molar-refractivity contribution in [3.8, 4) is 0 Å². The molecule has 12 heteroatoms. The van der Waals surface area contributed by atoms with E-state index >= 15 is 0 Å². The minimum Gasteiger partial charge on any atom is -0.395 e. The Morgan fingerprint density at radius 1 is 1.36 bits per heavy atom. The van der Waals surface area contributed by atoms with E-state index in [9.17, 15) is 24.8 Å². The van der Waals surface area contributed by atoms with Crippen LogP contribution in [0.5, 0.6) is 0 Å². The first-order valence-electron chi connectivity index (χ1n) is 8.19. The van der Waals surface area contributed by atoms with E-state index in [1.54, 1.807) is 19.1 Å². The summed E-state index contributed by atoms with van der Waals surface area (Å²) in [5.41, 5.74) is 2.89. The smallest absolute Gasteiger partial charge is 0.329 e. The zero-order valence-corrected chi connectivity index (χ0v) is 15.0. The van der Waals surface area contributed by atoms with Crippen molar-refractivity contribution in [3.05, 3.63) is 60.8 Å². The molecule has 3 N–H and O–H groups in total. The molecular weight excluding hydrogens is 370 g/mol. The molecule has 0 aliphatic rings. The third kappa shape index (κ3) is 3.40. The highest BCUT2D eigenvalue weighted by molar-refractivity contribution is 5.99. The molecule has 0 atom stereocenters. The van der Waals surface area contributed by atoms with Gasteiger partial charge in [0.15, 0.2) is 11.2 Å². The summed E-state index contributed by atoms with van der Waals surface area (Å²) in [5.74, 6) is 0.164. The van der Waals surface area contributed by atoms with Gasteiger partial charge in [0, 0.05) is 25.7 Å². The Kier molecular flexibility index (Phi) is 5.04. The van der Waals surface area contributed by atoms with E-state index in [-0.39, 0.29) is 36.0 Å². The molecule has 0 unspecified atom stereocenters. The van der Waals surface area contributed by atoms with E-state index in [0.29, 0.717) is 11.3 Å². The highest BCUT2D eigenvalue weighted by atomic mass is 16.6. The predicted octanol–water partition coefficient (Wildman–Crippen LogP) is 0.160. The van der Waals surface area contributed by atoms with Crippen LogP contribution in [-0.4, -0.2) is 41.5 Å². The second-order valence-corrected chi connectivity index (χ2v) is 5.91. The van der Waals surface area contributed by atoms with E-state index in [2.05, 4.69) is 20.5 Å². The van der Waals surface area contributed by atoms with E-state index in [0.717, 1.165) is 0 Å². The van der Waals surface area contributed by atoms with Crippen LogP contribution in [-0.2, 0) is 13.6 Å². The Balaban J connectivity index is 2.00. The third-order valence-corrected chi connectivity index (χ3v) is 4.15. The van der Waals surface area contributed by atoms with Crippen LogP contribution in [0.4, 0.5) is 11.6 Å². The van der Waals surface area contributed by atoms with E-state index in [1.165, 1.54) is 28.3 Å². The summed E-state index contributed by atoms with van der Waals surface area (Å²) in [7, 11) is 1.46. The van der Waals surface area contributed by atoms with Gasteiger partial charge in [0.2, 0.25) is 5.95 Å². The lowest BCUT2D eigenvalue weighted by Gasteiger charge is -2.07. The monoisotopic (exact) mass is 387 g/mol. The number of fused-ring (bicyclic) bond motifs is 1. The van der Waals surface area contributed by atoms with Crippen LogP contribution >= 0.6 is 0 Å². The van der Waals surface area contributed by atoms with Gasteiger partial charge >= 0.3 is 5.69 Å². The first kappa shape index (κ1) is 19.0. The Labute approximate surface area is 156 Å². The minimum absolute atomic E-state index is 0.0330. The third-order valence-electron chi connectivity index (χ3n) is 4.15. The van der Waals surface area contributed by atoms with Crippen molar-refractivity contribution in [1.29, 1.82) is 0 Å². The first-order valence-corrected chi connectivity index (χ1v) is 8.19. The summed E-state index contributed by atoms with van der Waals surface area (Å²) < 4.78 is 2.60. The van der Waals surface area contributed by atoms with Crippen molar-refractivity contribution in [2.24, 2.45) is 12.1 Å². The van der Waals surface area contributed by atoms with Gasteiger partial charge in [-0.05, 0) is 24.6 Å². The van der Waals surface area contributed by atoms with Crippen molar-refractivity contribution in [3.63, 3.8) is 0 Å². The van der Waals surface area contributed by atoms with Gasteiger partial charge in [-0.2, -0.15) is 10.1 Å². The number of aliphatic hydroxyl groups excluding tert-OH is 1. The van der Waals surface area contributed by atoms with Crippen molar-refractivity contribution < 1.29 is 10.0 Å². The fourth-order valence-corrected chi connectivity index (χ4v) is 2.66. The number of anilines is 1. The van der Waals surface area contributed by atoms with Gasteiger partial charge in [-0.1, -0.05) is 0 Å². The largest absolute Gasteiger partial charge is 0.395 e. The fourth-order valence-electron chi connectivity index (χ4n) is 2.66. The summed E-state index contributed by atoms with van der Waals surface area (Å²) in [6, 6.07) is 5.85. The molecule has 0 radical (unpaired) electrons. The zero-order chi connectivity index (χ0) is 20.4. The Bertz CT molecular complexity index is 1190. The quantitative estimate of drug-likeness (QED) is 0.308. The van der Waals surface area contributed by atoms with E-state index < -0.39 is 16.2 Å². The number of imidazole rings is 1. The minimum atomic E-state index is -0.622. The average Bonchev–Trinajstić information content (AvgIpc) is 3.03. The molecule has 12 nitrogen and oxygen atoms in total. The molecule has 3 aromatic rings. The van der Waals surface area contributed by atoms with Crippen LogP contribution in [0.1, 0.15) is 12.5 Å². The standard InChI is InChI=1S/C16H17N7O5/c1-9(10-3-5-11(6-4-10)23(27)28)19-20-15-17-13-12(22(15)7-8-24)14(25)18-16(26)21(13)2/h3-6,24H,7-8H2,1-2H3,(H,17,20)(H,18,25,26)/b19-9-. The molecular formula is C16H17N7O5. The summed E-state index contributed by atoms with van der Waals surface area (Å²) in [6.07, 6.45) is 0. The number of aryl methyl sites for hydroxylation is 1. The topological polar surface area (TPSA) is 160 Å². The molecule has 0 saturated heterocycles. The van der Waals surface area contributed by atoms with Gasteiger partial charge in [0.1, 0.15) is 0 Å². The summed E-state index contributed by atoms with van der Waals surface area (Å²) >= 11 is 0. The van der Waals surface area contributed by atoms with Crippen molar-refractivity contribution in [1.82, 2.24) is 19.1 Å². The molecule has 1 aromatic carbocycles. The number of aliphatic hydroxyl groups is 1. The van der Waals surface area contributed by atoms with Gasteiger partial charge in [-0.25, -0.2) is 10.2 Å². The molecule has 2 aromatic heterocycles. The molecule has 146 valence electrons. The van der Waals surface area contributed by atoms with E-state index in [1.807, 2.05) is 0 Å². The summed E-state index contributed by atoms with van der Waals surface area (Å²) in [4.78, 5) is 40.6. The number of nitrogens with zero attached hydrogens (tertiary/aromatic N) is 5. The summed E-state index contributed by atoms with van der Waals surface area (Å²) in [5, 5.41) is 24.2. The van der Waals surface area contributed by atoms with Crippen molar-refractivity contribution in [2.75, 3.05) is 12.0 Å². The van der Waals surface area contributed by atoms with Crippen LogP contribution in [0, 0.1) is 10.1 Å². The number of benzene rings is 1. The average molecular weight is 387 g/mol. The van der Waals surface area contributed by atoms with Gasteiger partial charge in [-0.15, -0.1) is 0 Å². The molecule has 2 heterocycles. The van der Waals surface area contributed by atoms with Crippen LogP contribution < -0.4 is 16.7 Å². The van der Waals surface area contributed by atoms with Crippen LogP contribution in [0.15, 0.2) is 39.0 Å². The number of nitrogens with one attached hydrogen (secondary N) is 2. The second-order valence-electron chi connectivity index (χ2n) is 5.91. The number of hydrogen-bond donors (Lipinski definition) is 3. The van der Waals surface area contributed by atoms with E-state index in [4.69, 9.17) is 0 Å². The number of aromatic amines is 1. The van der Waals surface area contributed by atoms with Gasteiger partial charge < -0.3 is 9.67 Å². The maximum atomic E-state index is 12.2. The summed E-state index contributed by atoms with van der Waals surface area (Å²) in [6.45, 7) is 1.50. The lowest BCUT2D eigenvalue weighted by molar-refractivity contribution is -0.384. The number of nitro benzene ring substituents is 1. The van der Waals surface area contributed by atoms with Crippen LogP contribution in [0.25, 0.3) is 11.2 Å². The zero-order valence-electron chi connectivity index (χ0n) is 15.0. The maximum Gasteiger partial charge on any atom is 0.329 e. The second kappa shape index (κ2) is 7.44. The molecule has 0 bridgehead atoms. The molecule has 0 aliphatic carbocycles. The Morgan fingerprint density at radius 3 is 2.64 bits per heavy atom. The highest BCUT2D eigenvalue weighted by Crippen LogP contribution is 2.16. The van der Waals surface area contributed by atoms with Crippen LogP contribution in [0.3, 0.4) is 0 Å². The van der Waals surface area contributed by atoms with Gasteiger partial charge in [0.25, 0.3) is 11.2 Å². The molecule has 0 saturated carbocycles. The molecule has 3 rings (SSSR count). The Morgan fingerprint density at radius 2 is 2.04 bits per heavy atom. The molecule has 0 fully saturated rings. The maximum absolute atomic E-state index is 12.2. The highest BCUT2D eigenvalue weighted by Gasteiger charge is 2.17. The van der Waals surface area contributed by atoms with Crippen molar-refractivity contribution >= 4 is 28.5 Å². The number of aromatic nitrogens is 4. The molecule has 0 amide bonds. The number of hydrazone groups is 1. The SMILES string of the molecule is C/C(=N/Nc1nc2c(c(=O)[nH]c(=O)n2C)n1CCO)c1ccc([N+](=O)[O-])cc1. The lowest BCUT2D eigenvalue weighted by Crippen LogP contribution is -2.29. The lowest BCUT2D eigenvalue weighted by atomic mass is 10.1. The number of non-ortho nitro benzene ring substituents is 1. The van der Waals surface area contributed by atoms with Crippen LogP contribution in [0.2, 0.25) is 0 Å². The normalized spacial score (nSPS) is 11.8. The fraction of sp³-hybridized carbons (Fsp3) is 0.250. The van der Waals surface area contributed by atoms with Gasteiger partial charge in [-0.3, -0.25) is 24.5 Å². The number of rotatable bonds is 6. The van der Waals surface area contributed by atoms with Gasteiger partial charge in [0.05, 0.1) is 17.2 Å². The van der Waals surface area contributed by atoms with Crippen molar-refractivity contribution in [2.45, 2.75) is 13.5 Å². The predicted molar refractivity (Wildman–Crippen MR) is 102 cm³/mol.